The Bertz CT molecular complexity index is 2240. The van der Waals surface area contributed by atoms with Crippen molar-refractivity contribution in [3.63, 3.8) is 0 Å². The maximum Gasteiger partial charge on any atom is 0.0876 e. The Balaban J connectivity index is 1.25. The molecule has 2 aromatic rings. The van der Waals surface area contributed by atoms with E-state index in [1.54, 1.807) is 0 Å². The maximum absolute atomic E-state index is 10.3. The predicted octanol–water partition coefficient (Wildman–Crippen LogP) is 7.71. The molecule has 4 aliphatic carbocycles. The molecule has 0 saturated heterocycles. The maximum atomic E-state index is 10.3. The highest BCUT2D eigenvalue weighted by atomic mass is 15.3. The van der Waals surface area contributed by atoms with Gasteiger partial charge in [-0.2, -0.15) is 31.6 Å². The van der Waals surface area contributed by atoms with Crippen LogP contribution in [-0.2, 0) is 26.2 Å². The number of rotatable bonds is 6. The summed E-state index contributed by atoms with van der Waals surface area (Å²) in [5.74, 6) is 0. The topological polar surface area (TPSA) is 162 Å². The minimum Gasteiger partial charge on any atom is -0.282 e. The summed E-state index contributed by atoms with van der Waals surface area (Å²) in [7, 11) is 0. The van der Waals surface area contributed by atoms with Crippen LogP contribution >= 0.6 is 0 Å². The first-order chi connectivity index (χ1) is 32.5. The molecular weight excluding hydrogens is 817 g/mol. The molecule has 0 radical (unpaired) electrons. The summed E-state index contributed by atoms with van der Waals surface area (Å²) >= 11 is 0. The zero-order valence-corrected chi connectivity index (χ0v) is 38.7. The average molecular weight is 883 g/mol. The molecule has 0 N–H and O–H groups in total. The smallest absolute Gasteiger partial charge is 0.0876 e. The van der Waals surface area contributed by atoms with E-state index in [9.17, 15) is 31.6 Å². The minimum absolute atomic E-state index is 0.0757. The van der Waals surface area contributed by atoms with E-state index >= 15 is 0 Å². The van der Waals surface area contributed by atoms with Gasteiger partial charge in [0.25, 0.3) is 0 Å². The molecule has 3 heterocycles. The third-order valence-electron chi connectivity index (χ3n) is 15.0. The standard InChI is InChI=1S/C54H66N12/c55-26-32-61-38-43-8-7-9-48(25-24-43)66(37-31-60)54-15-6-5-14-53(54)65(36-30-59)42-47-22-20-46(21-23-47)41-64(35-29-58)52-13-4-3-12-51(52)63(34-28-57)40-45-18-16-44(17-19-45)39-62(33-27-56)50-11-2-1-10-49(50)61/h7-9,16-25,48-54H,1-6,10-15,32-42H2/t48?,49-,50-,51-,52-,53-,54-/m1/s1. The second-order valence-electron chi connectivity index (χ2n) is 19.0. The van der Waals surface area contributed by atoms with E-state index in [0.29, 0.717) is 52.4 Å². The fraction of sp³-hybridized carbons (Fsp3) is 0.556. The molecule has 3 fully saturated rings. The van der Waals surface area contributed by atoms with Crippen LogP contribution in [0.1, 0.15) is 99.3 Å². The molecule has 9 rings (SSSR count). The number of fused-ring (bicyclic) bond motifs is 2. The van der Waals surface area contributed by atoms with Crippen molar-refractivity contribution in [3.05, 3.63) is 107 Å². The van der Waals surface area contributed by atoms with E-state index in [0.717, 1.165) is 105 Å². The Labute approximate surface area is 394 Å². The normalized spacial score (nSPS) is 27.9. The first kappa shape index (κ1) is 48.3. The molecule has 2 aromatic carbocycles. The molecule has 0 spiro atoms. The highest BCUT2D eigenvalue weighted by molar-refractivity contribution is 5.33. The Hall–Kier alpha value is -5.64. The summed E-state index contributed by atoms with van der Waals surface area (Å²) in [6.45, 7) is 4.85. The van der Waals surface area contributed by atoms with E-state index < -0.39 is 0 Å². The van der Waals surface area contributed by atoms with E-state index in [-0.39, 0.29) is 61.9 Å². The highest BCUT2D eigenvalue weighted by Crippen LogP contribution is 2.34. The van der Waals surface area contributed by atoms with Gasteiger partial charge in [0.15, 0.2) is 0 Å². The van der Waals surface area contributed by atoms with Crippen LogP contribution in [0.2, 0.25) is 0 Å². The lowest BCUT2D eigenvalue weighted by Gasteiger charge is -2.45. The second kappa shape index (κ2) is 24.8. The fourth-order valence-electron chi connectivity index (χ4n) is 11.9. The van der Waals surface area contributed by atoms with E-state index in [1.807, 2.05) is 0 Å². The quantitative estimate of drug-likeness (QED) is 0.260. The molecule has 7 atom stereocenters. The van der Waals surface area contributed by atoms with Crippen molar-refractivity contribution in [1.82, 2.24) is 29.4 Å². The van der Waals surface area contributed by atoms with Crippen molar-refractivity contribution < 1.29 is 0 Å². The number of hydrogen-bond donors (Lipinski definition) is 0. The molecule has 3 saturated carbocycles. The van der Waals surface area contributed by atoms with Gasteiger partial charge in [-0.15, -0.1) is 0 Å². The highest BCUT2D eigenvalue weighted by Gasteiger charge is 2.38. The van der Waals surface area contributed by atoms with Crippen LogP contribution in [0.15, 0.2) is 84.5 Å². The minimum atomic E-state index is -0.111. The first-order valence-electron chi connectivity index (χ1n) is 24.4. The van der Waals surface area contributed by atoms with E-state index in [2.05, 4.69) is 145 Å². The summed E-state index contributed by atoms with van der Waals surface area (Å²) in [5.41, 5.74) is 5.63. The SMILES string of the molecule is N#CCN1CC2=CC=CC(C=C2)N(CC#N)[C@@H]2CCCC[C@H]2N(CC#N)Cc2ccc(cc2)CN(CC#N)[C@@H]2CCCC[C@H]2N(CC#N)Cc2ccc(cc2)CN(CC#N)[C@@H]2CCCC[C@H]21. The average Bonchev–Trinajstić information content (AvgIpc) is 3.59. The van der Waals surface area contributed by atoms with Crippen molar-refractivity contribution in [2.45, 2.75) is 146 Å². The molecule has 7 aliphatic rings. The predicted molar refractivity (Wildman–Crippen MR) is 255 cm³/mol. The summed E-state index contributed by atoms with van der Waals surface area (Å²) in [5, 5.41) is 61.1. The van der Waals surface area contributed by atoms with Crippen LogP contribution in [0.4, 0.5) is 0 Å². The first-order valence-corrected chi connectivity index (χ1v) is 24.4. The Kier molecular flexibility index (Phi) is 18.1. The molecule has 1 unspecified atom stereocenters. The van der Waals surface area contributed by atoms with Crippen LogP contribution in [0.25, 0.3) is 0 Å². The third-order valence-corrected chi connectivity index (χ3v) is 15.0. The van der Waals surface area contributed by atoms with Crippen LogP contribution < -0.4 is 0 Å². The molecule has 66 heavy (non-hydrogen) atoms. The van der Waals surface area contributed by atoms with E-state index in [4.69, 9.17) is 0 Å². The van der Waals surface area contributed by atoms with Gasteiger partial charge in [0.1, 0.15) is 0 Å². The van der Waals surface area contributed by atoms with Gasteiger partial charge in [0.2, 0.25) is 0 Å². The molecule has 6 bridgehead atoms. The van der Waals surface area contributed by atoms with Crippen LogP contribution in [0, 0.1) is 68.0 Å². The van der Waals surface area contributed by atoms with Gasteiger partial charge >= 0.3 is 0 Å². The molecule has 12 nitrogen and oxygen atoms in total. The van der Waals surface area contributed by atoms with Crippen molar-refractivity contribution in [3.8, 4) is 36.4 Å². The number of nitrogens with zero attached hydrogens (tertiary/aromatic N) is 12. The van der Waals surface area contributed by atoms with Crippen molar-refractivity contribution in [2.75, 3.05) is 45.8 Å². The van der Waals surface area contributed by atoms with Crippen LogP contribution in [0.5, 0.6) is 0 Å². The third kappa shape index (κ3) is 12.4. The van der Waals surface area contributed by atoms with Crippen LogP contribution in [-0.4, -0.2) is 118 Å². The largest absolute Gasteiger partial charge is 0.282 e. The van der Waals surface area contributed by atoms with Gasteiger partial charge in [-0.1, -0.05) is 117 Å². The lowest BCUT2D eigenvalue weighted by molar-refractivity contribution is 0.0518. The molecule has 342 valence electrons. The van der Waals surface area contributed by atoms with Crippen LogP contribution in [0.3, 0.4) is 0 Å². The second-order valence-corrected chi connectivity index (χ2v) is 19.0. The Morgan fingerprint density at radius 1 is 0.379 bits per heavy atom. The number of allylic oxidation sites excluding steroid dienone is 2. The van der Waals surface area contributed by atoms with Gasteiger partial charge in [-0.25, -0.2) is 0 Å². The molecular formula is C54H66N12. The number of hydrogen-bond acceptors (Lipinski definition) is 12. The number of nitriles is 6. The van der Waals surface area contributed by atoms with Gasteiger partial charge in [-0.3, -0.25) is 29.4 Å². The summed E-state index contributed by atoms with van der Waals surface area (Å²) in [6.07, 6.45) is 23.0. The molecule has 0 amide bonds. The molecule has 12 heteroatoms. The summed E-state index contributed by atoms with van der Waals surface area (Å²) < 4.78 is 0. The summed E-state index contributed by atoms with van der Waals surface area (Å²) in [6, 6.07) is 32.7. The van der Waals surface area contributed by atoms with Gasteiger partial charge in [-0.05, 0) is 66.4 Å². The summed E-state index contributed by atoms with van der Waals surface area (Å²) in [4.78, 5) is 13.9. The van der Waals surface area contributed by atoms with Gasteiger partial charge in [0, 0.05) is 75.0 Å². The zero-order valence-electron chi connectivity index (χ0n) is 38.7. The van der Waals surface area contributed by atoms with Gasteiger partial charge < -0.3 is 0 Å². The number of benzene rings is 2. The van der Waals surface area contributed by atoms with Gasteiger partial charge in [0.05, 0.1) is 75.7 Å². The molecule has 0 aromatic heterocycles. The lowest BCUT2D eigenvalue weighted by atomic mass is 9.86. The zero-order chi connectivity index (χ0) is 46.1. The fourth-order valence-corrected chi connectivity index (χ4v) is 11.9. The monoisotopic (exact) mass is 883 g/mol. The molecule has 3 aliphatic heterocycles. The Morgan fingerprint density at radius 2 is 0.682 bits per heavy atom. The Morgan fingerprint density at radius 3 is 1.02 bits per heavy atom. The van der Waals surface area contributed by atoms with Crippen molar-refractivity contribution in [2.24, 2.45) is 0 Å². The van der Waals surface area contributed by atoms with E-state index in [1.165, 1.54) is 0 Å². The van der Waals surface area contributed by atoms with Crippen molar-refractivity contribution in [1.29, 1.82) is 31.6 Å². The van der Waals surface area contributed by atoms with Crippen molar-refractivity contribution >= 4 is 0 Å². The lowest BCUT2D eigenvalue weighted by Crippen LogP contribution is -2.55.